The van der Waals surface area contributed by atoms with Gasteiger partial charge in [-0.1, -0.05) is 54.6 Å². The summed E-state index contributed by atoms with van der Waals surface area (Å²) < 4.78 is 30.7. The number of carbonyl (C=O) groups is 2. The zero-order valence-electron chi connectivity index (χ0n) is 19.1. The number of carbonyl (C=O) groups excluding carboxylic acids is 2. The number of rotatable bonds is 7. The number of benzene rings is 2. The highest BCUT2D eigenvalue weighted by Crippen LogP contribution is 2.35. The van der Waals surface area contributed by atoms with Gasteiger partial charge in [0.2, 0.25) is 0 Å². The molecule has 0 radical (unpaired) electrons. The molecule has 0 spiro atoms. The molecule has 0 bridgehead atoms. The lowest BCUT2D eigenvalue weighted by molar-refractivity contribution is -0.145. The van der Waals surface area contributed by atoms with Gasteiger partial charge in [-0.15, -0.1) is 0 Å². The fourth-order valence-corrected chi connectivity index (χ4v) is 3.55. The van der Waals surface area contributed by atoms with E-state index in [2.05, 4.69) is 4.74 Å². The largest absolute Gasteiger partial charge is 0.466 e. The zero-order chi connectivity index (χ0) is 24.0. The van der Waals surface area contributed by atoms with Gasteiger partial charge in [0.25, 0.3) is 0 Å². The van der Waals surface area contributed by atoms with Crippen LogP contribution in [0.2, 0.25) is 0 Å². The first-order valence-corrected chi connectivity index (χ1v) is 10.6. The van der Waals surface area contributed by atoms with Gasteiger partial charge < -0.3 is 14.2 Å². The SMILES string of the molecule is COC(=O)/C=C/C1=CC=C(OC(=O)C(C)c2ccc(-c3ccccc3)c(F)c2)C(C)(OC)C1. The lowest BCUT2D eigenvalue weighted by Gasteiger charge is -2.33. The van der Waals surface area contributed by atoms with E-state index in [9.17, 15) is 14.0 Å². The molecule has 0 amide bonds. The zero-order valence-corrected chi connectivity index (χ0v) is 19.1. The van der Waals surface area contributed by atoms with Gasteiger partial charge in [-0.25, -0.2) is 9.18 Å². The summed E-state index contributed by atoms with van der Waals surface area (Å²) in [5.74, 6) is -1.72. The Bertz CT molecular complexity index is 1120. The van der Waals surface area contributed by atoms with Crippen LogP contribution in [-0.2, 0) is 23.8 Å². The van der Waals surface area contributed by atoms with Crippen LogP contribution in [-0.4, -0.2) is 31.8 Å². The highest BCUT2D eigenvalue weighted by Gasteiger charge is 2.35. The topological polar surface area (TPSA) is 61.8 Å². The normalized spacial score (nSPS) is 18.9. The summed E-state index contributed by atoms with van der Waals surface area (Å²) in [5.41, 5.74) is 1.67. The summed E-state index contributed by atoms with van der Waals surface area (Å²) in [4.78, 5) is 24.2. The number of ether oxygens (including phenoxy) is 3. The Morgan fingerprint density at radius 1 is 1.09 bits per heavy atom. The van der Waals surface area contributed by atoms with E-state index in [0.717, 1.165) is 11.1 Å². The minimum absolute atomic E-state index is 0.346. The average Bonchev–Trinajstić information content (AvgIpc) is 2.83. The Balaban J connectivity index is 1.77. The second kappa shape index (κ2) is 10.4. The standard InChI is InChI=1S/C27H27FO5/c1-18(21-12-13-22(23(28)16-21)20-8-6-5-7-9-20)26(30)33-24-14-10-19(11-15-25(29)31-3)17-27(24,2)32-4/h5-16,18H,17H2,1-4H3/b15-11+. The fraction of sp³-hybridized carbons (Fsp3) is 0.259. The lowest BCUT2D eigenvalue weighted by Crippen LogP contribution is -2.35. The van der Waals surface area contributed by atoms with Gasteiger partial charge in [0.1, 0.15) is 17.2 Å². The maximum Gasteiger partial charge on any atom is 0.330 e. The van der Waals surface area contributed by atoms with E-state index in [4.69, 9.17) is 9.47 Å². The van der Waals surface area contributed by atoms with E-state index >= 15 is 0 Å². The van der Waals surface area contributed by atoms with Crippen molar-refractivity contribution < 1.29 is 28.2 Å². The Morgan fingerprint density at radius 2 is 1.82 bits per heavy atom. The number of hydrogen-bond acceptors (Lipinski definition) is 5. The number of allylic oxidation sites excluding steroid dienone is 3. The van der Waals surface area contributed by atoms with Crippen molar-refractivity contribution in [1.82, 2.24) is 0 Å². The maximum atomic E-state index is 14.8. The molecule has 2 aromatic carbocycles. The molecule has 2 aromatic rings. The molecule has 0 aliphatic heterocycles. The molecule has 0 N–H and O–H groups in total. The van der Waals surface area contributed by atoms with Gasteiger partial charge in [0.15, 0.2) is 0 Å². The van der Waals surface area contributed by atoms with Gasteiger partial charge in [-0.2, -0.15) is 0 Å². The highest BCUT2D eigenvalue weighted by atomic mass is 19.1. The van der Waals surface area contributed by atoms with Crippen molar-refractivity contribution in [1.29, 1.82) is 0 Å². The molecule has 33 heavy (non-hydrogen) atoms. The fourth-order valence-electron chi connectivity index (χ4n) is 3.55. The molecule has 0 saturated carbocycles. The van der Waals surface area contributed by atoms with Crippen molar-refractivity contribution in [2.75, 3.05) is 14.2 Å². The molecule has 1 aliphatic rings. The Kier molecular flexibility index (Phi) is 7.61. The van der Waals surface area contributed by atoms with Crippen LogP contribution in [0.15, 0.2) is 84.2 Å². The highest BCUT2D eigenvalue weighted by molar-refractivity contribution is 5.82. The van der Waals surface area contributed by atoms with E-state index in [1.807, 2.05) is 30.3 Å². The smallest absolute Gasteiger partial charge is 0.330 e. The third-order valence-electron chi connectivity index (χ3n) is 5.74. The van der Waals surface area contributed by atoms with Gasteiger partial charge in [-0.3, -0.25) is 4.79 Å². The summed E-state index contributed by atoms with van der Waals surface area (Å²) >= 11 is 0. The van der Waals surface area contributed by atoms with Gasteiger partial charge in [-0.05, 0) is 42.7 Å². The van der Waals surface area contributed by atoms with Crippen LogP contribution in [0, 0.1) is 5.82 Å². The van der Waals surface area contributed by atoms with Crippen molar-refractivity contribution in [2.45, 2.75) is 31.8 Å². The number of methoxy groups -OCH3 is 2. The first kappa shape index (κ1) is 24.1. The van der Waals surface area contributed by atoms with Gasteiger partial charge >= 0.3 is 11.9 Å². The first-order chi connectivity index (χ1) is 15.8. The molecule has 2 unspecified atom stereocenters. The van der Waals surface area contributed by atoms with E-state index < -0.39 is 29.3 Å². The second-order valence-corrected chi connectivity index (χ2v) is 7.99. The molecule has 0 saturated heterocycles. The van der Waals surface area contributed by atoms with Crippen LogP contribution in [0.1, 0.15) is 31.7 Å². The van der Waals surface area contributed by atoms with E-state index in [1.165, 1.54) is 26.4 Å². The quantitative estimate of drug-likeness (QED) is 0.412. The van der Waals surface area contributed by atoms with Crippen LogP contribution >= 0.6 is 0 Å². The lowest BCUT2D eigenvalue weighted by atomic mass is 9.89. The Hall–Kier alpha value is -3.51. The molecule has 0 aromatic heterocycles. The molecular weight excluding hydrogens is 423 g/mol. The summed E-state index contributed by atoms with van der Waals surface area (Å²) in [7, 11) is 2.83. The maximum absolute atomic E-state index is 14.8. The minimum Gasteiger partial charge on any atom is -0.466 e. The summed E-state index contributed by atoms with van der Waals surface area (Å²) in [6.45, 7) is 3.47. The number of hydrogen-bond donors (Lipinski definition) is 0. The van der Waals surface area contributed by atoms with Crippen LogP contribution in [0.5, 0.6) is 0 Å². The van der Waals surface area contributed by atoms with Crippen molar-refractivity contribution >= 4 is 11.9 Å². The van der Waals surface area contributed by atoms with E-state index in [-0.39, 0.29) is 0 Å². The van der Waals surface area contributed by atoms with Crippen molar-refractivity contribution in [3.8, 4) is 11.1 Å². The Morgan fingerprint density at radius 3 is 2.45 bits per heavy atom. The molecule has 5 nitrogen and oxygen atoms in total. The van der Waals surface area contributed by atoms with Crippen LogP contribution < -0.4 is 0 Å². The Labute approximate surface area is 193 Å². The molecule has 0 fully saturated rings. The predicted octanol–water partition coefficient (Wildman–Crippen LogP) is 5.49. The van der Waals surface area contributed by atoms with Crippen molar-refractivity contribution in [2.24, 2.45) is 0 Å². The van der Waals surface area contributed by atoms with Gasteiger partial charge in [0.05, 0.1) is 13.0 Å². The first-order valence-electron chi connectivity index (χ1n) is 10.6. The van der Waals surface area contributed by atoms with E-state index in [0.29, 0.717) is 23.3 Å². The molecule has 6 heteroatoms. The molecule has 172 valence electrons. The van der Waals surface area contributed by atoms with E-state index in [1.54, 1.807) is 44.2 Å². The third-order valence-corrected chi connectivity index (χ3v) is 5.74. The molecule has 0 heterocycles. The molecule has 3 rings (SSSR count). The molecule has 2 atom stereocenters. The summed E-state index contributed by atoms with van der Waals surface area (Å²) in [6, 6.07) is 14.0. The summed E-state index contributed by atoms with van der Waals surface area (Å²) in [5, 5.41) is 0. The van der Waals surface area contributed by atoms with Crippen LogP contribution in [0.25, 0.3) is 11.1 Å². The number of esters is 2. The predicted molar refractivity (Wildman–Crippen MR) is 124 cm³/mol. The summed E-state index contributed by atoms with van der Waals surface area (Å²) in [6.07, 6.45) is 6.75. The minimum atomic E-state index is -0.900. The monoisotopic (exact) mass is 450 g/mol. The van der Waals surface area contributed by atoms with Crippen molar-refractivity contribution in [3.63, 3.8) is 0 Å². The average molecular weight is 451 g/mol. The van der Waals surface area contributed by atoms with Gasteiger partial charge in [0, 0.05) is 25.2 Å². The second-order valence-electron chi connectivity index (χ2n) is 7.99. The van der Waals surface area contributed by atoms with Crippen molar-refractivity contribution in [3.05, 3.63) is 95.5 Å². The van der Waals surface area contributed by atoms with Crippen LogP contribution in [0.3, 0.4) is 0 Å². The molecular formula is C27H27FO5. The number of halogens is 1. The third kappa shape index (κ3) is 5.65. The molecule has 1 aliphatic carbocycles. The van der Waals surface area contributed by atoms with Crippen LogP contribution in [0.4, 0.5) is 4.39 Å².